The van der Waals surface area contributed by atoms with Crippen LogP contribution in [0, 0.1) is 5.41 Å². The molecule has 1 rings (SSSR count). The van der Waals surface area contributed by atoms with Gasteiger partial charge in [-0.25, -0.2) is 0 Å². The van der Waals surface area contributed by atoms with Crippen molar-refractivity contribution in [2.75, 3.05) is 0 Å². The van der Waals surface area contributed by atoms with Crippen LogP contribution >= 0.6 is 11.6 Å². The van der Waals surface area contributed by atoms with Crippen LogP contribution in [0.5, 0.6) is 0 Å². The van der Waals surface area contributed by atoms with Gasteiger partial charge in [-0.15, -0.1) is 0 Å². The van der Waals surface area contributed by atoms with Gasteiger partial charge in [-0.05, 0) is 6.07 Å². The minimum atomic E-state index is -0.363. The Bertz CT molecular complexity index is 298. The average molecular weight is 201 g/mol. The molecule has 0 saturated heterocycles. The minimum absolute atomic E-state index is 0.363. The van der Waals surface area contributed by atoms with Crippen molar-refractivity contribution in [1.82, 2.24) is 9.78 Å². The normalized spacial score (nSPS) is 11.7. The van der Waals surface area contributed by atoms with Crippen molar-refractivity contribution < 1.29 is 4.79 Å². The molecule has 0 aliphatic carbocycles. The zero-order valence-electron chi connectivity index (χ0n) is 8.04. The van der Waals surface area contributed by atoms with Gasteiger partial charge < -0.3 is 4.79 Å². The Labute approximate surface area is 82.7 Å². The number of carbonyl (C=O) groups excluding carboxylic acids is 1. The van der Waals surface area contributed by atoms with Gasteiger partial charge in [0.25, 0.3) is 0 Å². The van der Waals surface area contributed by atoms with Crippen LogP contribution in [-0.2, 0) is 18.3 Å². The van der Waals surface area contributed by atoms with E-state index in [1.165, 1.54) is 0 Å². The van der Waals surface area contributed by atoms with Gasteiger partial charge in [0.2, 0.25) is 0 Å². The van der Waals surface area contributed by atoms with Crippen molar-refractivity contribution >= 4 is 17.9 Å². The Kier molecular flexibility index (Phi) is 2.76. The van der Waals surface area contributed by atoms with Gasteiger partial charge in [0, 0.05) is 18.9 Å². The van der Waals surface area contributed by atoms with Crippen LogP contribution < -0.4 is 0 Å². The van der Waals surface area contributed by atoms with Crippen LogP contribution in [0.15, 0.2) is 6.07 Å². The second-order valence-corrected chi connectivity index (χ2v) is 4.25. The first-order valence-electron chi connectivity index (χ1n) is 4.09. The van der Waals surface area contributed by atoms with Crippen molar-refractivity contribution in [3.63, 3.8) is 0 Å². The molecule has 72 valence electrons. The Morgan fingerprint density at radius 1 is 1.69 bits per heavy atom. The Balaban J connectivity index is 2.80. The average Bonchev–Trinajstić information content (AvgIpc) is 2.30. The van der Waals surface area contributed by atoms with Gasteiger partial charge in [-0.3, -0.25) is 4.68 Å². The monoisotopic (exact) mass is 200 g/mol. The van der Waals surface area contributed by atoms with E-state index in [2.05, 4.69) is 5.10 Å². The van der Waals surface area contributed by atoms with E-state index >= 15 is 0 Å². The van der Waals surface area contributed by atoms with Crippen LogP contribution in [0.2, 0.25) is 5.15 Å². The number of halogens is 1. The molecule has 1 aromatic rings. The summed E-state index contributed by atoms with van der Waals surface area (Å²) >= 11 is 5.81. The minimum Gasteiger partial charge on any atom is -0.303 e. The lowest BCUT2D eigenvalue weighted by Gasteiger charge is -2.13. The molecule has 13 heavy (non-hydrogen) atoms. The Morgan fingerprint density at radius 3 is 2.69 bits per heavy atom. The Hall–Kier alpha value is -0.830. The van der Waals surface area contributed by atoms with Gasteiger partial charge in [0.15, 0.2) is 0 Å². The molecule has 3 nitrogen and oxygen atoms in total. The fourth-order valence-electron chi connectivity index (χ4n) is 1.10. The SMILES string of the molecule is Cn1nc(CC(C)(C)C=O)cc1Cl. The number of aryl methyl sites for hydroxylation is 1. The van der Waals surface area contributed by atoms with Crippen LogP contribution in [0.3, 0.4) is 0 Å². The number of nitrogens with zero attached hydrogens (tertiary/aromatic N) is 2. The van der Waals surface area contributed by atoms with Gasteiger partial charge in [0.1, 0.15) is 11.4 Å². The van der Waals surface area contributed by atoms with Gasteiger partial charge in [0.05, 0.1) is 5.69 Å². The van der Waals surface area contributed by atoms with Crippen LogP contribution in [0.4, 0.5) is 0 Å². The van der Waals surface area contributed by atoms with E-state index in [1.807, 2.05) is 13.8 Å². The summed E-state index contributed by atoms with van der Waals surface area (Å²) in [6.45, 7) is 3.76. The molecule has 0 unspecified atom stereocenters. The summed E-state index contributed by atoms with van der Waals surface area (Å²) < 4.78 is 1.60. The summed E-state index contributed by atoms with van der Waals surface area (Å²) in [5.41, 5.74) is 0.488. The van der Waals surface area contributed by atoms with Crippen molar-refractivity contribution in [2.24, 2.45) is 12.5 Å². The van der Waals surface area contributed by atoms with E-state index in [9.17, 15) is 4.79 Å². The largest absolute Gasteiger partial charge is 0.303 e. The highest BCUT2D eigenvalue weighted by molar-refractivity contribution is 6.29. The molecule has 0 aliphatic heterocycles. The predicted molar refractivity (Wildman–Crippen MR) is 51.8 cm³/mol. The van der Waals surface area contributed by atoms with E-state index in [0.29, 0.717) is 11.6 Å². The van der Waals surface area contributed by atoms with Crippen LogP contribution in [0.1, 0.15) is 19.5 Å². The zero-order chi connectivity index (χ0) is 10.1. The van der Waals surface area contributed by atoms with E-state index in [0.717, 1.165) is 12.0 Å². The third-order valence-electron chi connectivity index (χ3n) is 1.83. The first-order valence-corrected chi connectivity index (χ1v) is 4.47. The molecule has 0 saturated carbocycles. The first-order chi connectivity index (χ1) is 5.94. The fourth-order valence-corrected chi connectivity index (χ4v) is 1.26. The maximum absolute atomic E-state index is 10.7. The number of aromatic nitrogens is 2. The predicted octanol–water partition coefficient (Wildman–Crippen LogP) is 1.84. The molecule has 0 atom stereocenters. The lowest BCUT2D eigenvalue weighted by atomic mass is 9.90. The van der Waals surface area contributed by atoms with E-state index in [1.54, 1.807) is 17.8 Å². The van der Waals surface area contributed by atoms with Crippen LogP contribution in [0.25, 0.3) is 0 Å². The number of rotatable bonds is 3. The van der Waals surface area contributed by atoms with Crippen molar-refractivity contribution in [2.45, 2.75) is 20.3 Å². The molecule has 0 fully saturated rings. The number of aldehydes is 1. The molecular weight excluding hydrogens is 188 g/mol. The molecular formula is C9H13ClN2O. The lowest BCUT2D eigenvalue weighted by Crippen LogP contribution is -2.16. The number of hydrogen-bond donors (Lipinski definition) is 0. The highest BCUT2D eigenvalue weighted by atomic mass is 35.5. The van der Waals surface area contributed by atoms with Crippen LogP contribution in [-0.4, -0.2) is 16.1 Å². The summed E-state index contributed by atoms with van der Waals surface area (Å²) in [4.78, 5) is 10.7. The maximum atomic E-state index is 10.7. The standard InChI is InChI=1S/C9H13ClN2O/c1-9(2,6-13)5-7-4-8(10)12(3)11-7/h4,6H,5H2,1-3H3. The molecule has 0 radical (unpaired) electrons. The van der Waals surface area contributed by atoms with Crippen molar-refractivity contribution in [1.29, 1.82) is 0 Å². The maximum Gasteiger partial charge on any atom is 0.126 e. The van der Waals surface area contributed by atoms with E-state index in [-0.39, 0.29) is 5.41 Å². The first kappa shape index (κ1) is 10.3. The molecule has 0 aliphatic rings. The van der Waals surface area contributed by atoms with E-state index in [4.69, 9.17) is 11.6 Å². The smallest absolute Gasteiger partial charge is 0.126 e. The van der Waals surface area contributed by atoms with Crippen molar-refractivity contribution in [3.8, 4) is 0 Å². The van der Waals surface area contributed by atoms with E-state index < -0.39 is 0 Å². The molecule has 0 aromatic carbocycles. The molecule has 1 heterocycles. The van der Waals surface area contributed by atoms with Crippen molar-refractivity contribution in [3.05, 3.63) is 16.9 Å². The van der Waals surface area contributed by atoms with Gasteiger partial charge >= 0.3 is 0 Å². The molecule has 4 heteroatoms. The molecule has 0 bridgehead atoms. The third kappa shape index (κ3) is 2.56. The molecule has 0 N–H and O–H groups in total. The second-order valence-electron chi connectivity index (χ2n) is 3.87. The highest BCUT2D eigenvalue weighted by Crippen LogP contribution is 2.19. The fraction of sp³-hybridized carbons (Fsp3) is 0.556. The summed E-state index contributed by atoms with van der Waals surface area (Å²) in [5, 5.41) is 4.76. The molecule has 0 spiro atoms. The zero-order valence-corrected chi connectivity index (χ0v) is 8.80. The summed E-state index contributed by atoms with van der Waals surface area (Å²) in [6.07, 6.45) is 1.56. The summed E-state index contributed by atoms with van der Waals surface area (Å²) in [5.74, 6) is 0. The third-order valence-corrected chi connectivity index (χ3v) is 2.18. The lowest BCUT2D eigenvalue weighted by molar-refractivity contribution is -0.114. The topological polar surface area (TPSA) is 34.9 Å². The quantitative estimate of drug-likeness (QED) is 0.698. The molecule has 0 amide bonds. The van der Waals surface area contributed by atoms with Gasteiger partial charge in [-0.2, -0.15) is 5.10 Å². The molecule has 1 aromatic heterocycles. The number of hydrogen-bond acceptors (Lipinski definition) is 2. The van der Waals surface area contributed by atoms with Gasteiger partial charge in [-0.1, -0.05) is 25.4 Å². The number of carbonyl (C=O) groups is 1. The highest BCUT2D eigenvalue weighted by Gasteiger charge is 2.19. The summed E-state index contributed by atoms with van der Waals surface area (Å²) in [7, 11) is 1.78. The second kappa shape index (κ2) is 3.50. The Morgan fingerprint density at radius 2 is 2.31 bits per heavy atom. The summed E-state index contributed by atoms with van der Waals surface area (Å²) in [6, 6.07) is 1.78.